The molecule has 1 heterocycles. The first kappa shape index (κ1) is 11.7. The zero-order chi connectivity index (χ0) is 13.1. The van der Waals surface area contributed by atoms with Gasteiger partial charge in [0.2, 0.25) is 0 Å². The zero-order valence-electron chi connectivity index (χ0n) is 10.9. The molecule has 0 unspecified atom stereocenters. The number of benzene rings is 2. The van der Waals surface area contributed by atoms with E-state index in [1.54, 1.807) is 0 Å². The van der Waals surface area contributed by atoms with Crippen molar-refractivity contribution >= 4 is 22.8 Å². The highest BCUT2D eigenvalue weighted by molar-refractivity contribution is 5.98. The molecule has 1 N–H and O–H groups in total. The number of rotatable bonds is 3. The summed E-state index contributed by atoms with van der Waals surface area (Å²) in [5, 5.41) is 1.24. The lowest BCUT2D eigenvalue weighted by atomic mass is 10.1. The van der Waals surface area contributed by atoms with Gasteiger partial charge in [0, 0.05) is 22.9 Å². The van der Waals surface area contributed by atoms with Gasteiger partial charge in [0.05, 0.1) is 11.2 Å². The number of hydrogen-bond donors (Lipinski definition) is 1. The Hall–Kier alpha value is -2.35. The number of aryl methyl sites for hydroxylation is 1. The van der Waals surface area contributed by atoms with Crippen molar-refractivity contribution in [1.29, 1.82) is 0 Å². The number of nitrogens with one attached hydrogen (secondary N) is 1. The van der Waals surface area contributed by atoms with Crippen LogP contribution in [0.15, 0.2) is 59.6 Å². The van der Waals surface area contributed by atoms with Crippen molar-refractivity contribution in [3.63, 3.8) is 0 Å². The van der Waals surface area contributed by atoms with Gasteiger partial charge < -0.3 is 4.98 Å². The molecule has 0 fully saturated rings. The molecule has 0 atom stereocenters. The average Bonchev–Trinajstić information content (AvgIpc) is 2.90. The molecule has 2 aromatic carbocycles. The standard InChI is InChI=1S/C17H16N2/c1-2-15-11-13-7-6-8-14(17(13)19-15)12-18-16-9-4-3-5-10-16/h3-12,19H,2H2,1H3/b18-12+. The highest BCUT2D eigenvalue weighted by atomic mass is 14.7. The predicted octanol–water partition coefficient (Wildman–Crippen LogP) is 4.48. The van der Waals surface area contributed by atoms with Gasteiger partial charge >= 0.3 is 0 Å². The van der Waals surface area contributed by atoms with E-state index < -0.39 is 0 Å². The Morgan fingerprint density at radius 2 is 1.89 bits per heavy atom. The highest BCUT2D eigenvalue weighted by Gasteiger charge is 2.02. The smallest absolute Gasteiger partial charge is 0.0629 e. The van der Waals surface area contributed by atoms with Crippen LogP contribution in [-0.4, -0.2) is 11.2 Å². The van der Waals surface area contributed by atoms with Crippen molar-refractivity contribution in [3.8, 4) is 0 Å². The summed E-state index contributed by atoms with van der Waals surface area (Å²) in [5.74, 6) is 0. The average molecular weight is 248 g/mol. The quantitative estimate of drug-likeness (QED) is 0.662. The Balaban J connectivity index is 2.01. The van der Waals surface area contributed by atoms with Gasteiger partial charge in [-0.15, -0.1) is 0 Å². The summed E-state index contributed by atoms with van der Waals surface area (Å²) >= 11 is 0. The third kappa shape index (κ3) is 2.43. The van der Waals surface area contributed by atoms with E-state index in [9.17, 15) is 0 Å². The Bertz CT molecular complexity index is 708. The largest absolute Gasteiger partial charge is 0.358 e. The maximum absolute atomic E-state index is 4.52. The second-order valence-electron chi connectivity index (χ2n) is 4.55. The van der Waals surface area contributed by atoms with Crippen LogP contribution in [0.4, 0.5) is 5.69 Å². The van der Waals surface area contributed by atoms with Gasteiger partial charge in [0.25, 0.3) is 0 Å². The molecular weight excluding hydrogens is 232 g/mol. The first-order valence-electron chi connectivity index (χ1n) is 6.56. The molecule has 0 aliphatic rings. The minimum absolute atomic E-state index is 0.974. The third-order valence-electron chi connectivity index (χ3n) is 3.23. The zero-order valence-corrected chi connectivity index (χ0v) is 10.9. The molecule has 0 bridgehead atoms. The van der Waals surface area contributed by atoms with Crippen LogP contribution in [0.2, 0.25) is 0 Å². The number of H-pyrrole nitrogens is 1. The van der Waals surface area contributed by atoms with Gasteiger partial charge in [-0.25, -0.2) is 0 Å². The van der Waals surface area contributed by atoms with Gasteiger partial charge in [-0.05, 0) is 24.6 Å². The van der Waals surface area contributed by atoms with Crippen molar-refractivity contribution in [2.45, 2.75) is 13.3 Å². The number of aromatic amines is 1. The summed E-state index contributed by atoms with van der Waals surface area (Å²) in [6.07, 6.45) is 2.94. The Morgan fingerprint density at radius 3 is 2.68 bits per heavy atom. The lowest BCUT2D eigenvalue weighted by Gasteiger charge is -1.97. The number of fused-ring (bicyclic) bond motifs is 1. The summed E-state index contributed by atoms with van der Waals surface area (Å²) in [4.78, 5) is 7.98. The Labute approximate surface area is 112 Å². The lowest BCUT2D eigenvalue weighted by Crippen LogP contribution is -1.84. The van der Waals surface area contributed by atoms with Crippen LogP contribution in [0.25, 0.3) is 10.9 Å². The molecule has 0 aliphatic carbocycles. The molecule has 3 aromatic rings. The van der Waals surface area contributed by atoms with Crippen molar-refractivity contribution in [1.82, 2.24) is 4.98 Å². The SMILES string of the molecule is CCc1cc2cccc(/C=N/c3ccccc3)c2[nH]1. The first-order valence-corrected chi connectivity index (χ1v) is 6.56. The minimum atomic E-state index is 0.974. The highest BCUT2D eigenvalue weighted by Crippen LogP contribution is 2.19. The third-order valence-corrected chi connectivity index (χ3v) is 3.23. The van der Waals surface area contributed by atoms with Gasteiger partial charge in [0.15, 0.2) is 0 Å². The van der Waals surface area contributed by atoms with Crippen molar-refractivity contribution in [2.75, 3.05) is 0 Å². The number of aliphatic imine (C=N–C) groups is 1. The van der Waals surface area contributed by atoms with Crippen LogP contribution < -0.4 is 0 Å². The van der Waals surface area contributed by atoms with Crippen LogP contribution in [-0.2, 0) is 6.42 Å². The van der Waals surface area contributed by atoms with E-state index in [2.05, 4.69) is 41.2 Å². The molecule has 19 heavy (non-hydrogen) atoms. The van der Waals surface area contributed by atoms with E-state index >= 15 is 0 Å². The predicted molar refractivity (Wildman–Crippen MR) is 81.4 cm³/mol. The van der Waals surface area contributed by atoms with Gasteiger partial charge in [0.1, 0.15) is 0 Å². The van der Waals surface area contributed by atoms with Crippen LogP contribution >= 0.6 is 0 Å². The number of para-hydroxylation sites is 2. The van der Waals surface area contributed by atoms with E-state index in [-0.39, 0.29) is 0 Å². The first-order chi connectivity index (χ1) is 9.36. The van der Waals surface area contributed by atoms with Crippen molar-refractivity contribution in [2.24, 2.45) is 4.99 Å². The van der Waals surface area contributed by atoms with Crippen molar-refractivity contribution < 1.29 is 0 Å². The molecule has 0 saturated carbocycles. The Kier molecular flexibility index (Phi) is 3.15. The second kappa shape index (κ2) is 5.11. The maximum atomic E-state index is 4.52. The lowest BCUT2D eigenvalue weighted by molar-refractivity contribution is 1.07. The second-order valence-corrected chi connectivity index (χ2v) is 4.55. The minimum Gasteiger partial charge on any atom is -0.358 e. The van der Waals surface area contributed by atoms with E-state index in [4.69, 9.17) is 0 Å². The molecule has 2 nitrogen and oxygen atoms in total. The fourth-order valence-electron chi connectivity index (χ4n) is 2.19. The van der Waals surface area contributed by atoms with Gasteiger partial charge in [-0.2, -0.15) is 0 Å². The normalized spacial score (nSPS) is 11.4. The van der Waals surface area contributed by atoms with Crippen LogP contribution in [0, 0.1) is 0 Å². The molecular formula is C17H16N2. The van der Waals surface area contributed by atoms with Crippen LogP contribution in [0.1, 0.15) is 18.2 Å². The molecule has 0 radical (unpaired) electrons. The maximum Gasteiger partial charge on any atom is 0.0629 e. The number of hydrogen-bond acceptors (Lipinski definition) is 1. The number of nitrogens with zero attached hydrogens (tertiary/aromatic N) is 1. The fraction of sp³-hybridized carbons (Fsp3) is 0.118. The van der Waals surface area contributed by atoms with E-state index in [1.807, 2.05) is 36.5 Å². The van der Waals surface area contributed by atoms with Gasteiger partial charge in [-0.3, -0.25) is 4.99 Å². The van der Waals surface area contributed by atoms with Crippen molar-refractivity contribution in [3.05, 3.63) is 65.9 Å². The Morgan fingerprint density at radius 1 is 1.05 bits per heavy atom. The molecule has 1 aromatic heterocycles. The molecule has 0 spiro atoms. The molecule has 3 rings (SSSR count). The molecule has 2 heteroatoms. The summed E-state index contributed by atoms with van der Waals surface area (Å²) in [6.45, 7) is 2.16. The summed E-state index contributed by atoms with van der Waals surface area (Å²) in [6, 6.07) is 18.5. The van der Waals surface area contributed by atoms with E-state index in [0.717, 1.165) is 17.7 Å². The molecule has 0 amide bonds. The summed E-state index contributed by atoms with van der Waals surface area (Å²) < 4.78 is 0. The summed E-state index contributed by atoms with van der Waals surface area (Å²) in [5.41, 5.74) is 4.53. The van der Waals surface area contributed by atoms with E-state index in [1.165, 1.54) is 16.6 Å². The molecule has 94 valence electrons. The van der Waals surface area contributed by atoms with Crippen LogP contribution in [0.3, 0.4) is 0 Å². The monoisotopic (exact) mass is 248 g/mol. The van der Waals surface area contributed by atoms with E-state index in [0.29, 0.717) is 0 Å². The molecule has 0 aliphatic heterocycles. The molecule has 0 saturated heterocycles. The topological polar surface area (TPSA) is 28.1 Å². The summed E-state index contributed by atoms with van der Waals surface area (Å²) in [7, 11) is 0. The number of aromatic nitrogens is 1. The van der Waals surface area contributed by atoms with Crippen LogP contribution in [0.5, 0.6) is 0 Å². The fourth-order valence-corrected chi connectivity index (χ4v) is 2.19. The van der Waals surface area contributed by atoms with Gasteiger partial charge in [-0.1, -0.05) is 43.3 Å².